The Kier molecular flexibility index (Phi) is 12.4. The predicted octanol–water partition coefficient (Wildman–Crippen LogP) is 7.94. The van der Waals surface area contributed by atoms with Gasteiger partial charge in [0, 0.05) is 6.61 Å². The van der Waals surface area contributed by atoms with Gasteiger partial charge in [-0.3, -0.25) is 0 Å². The van der Waals surface area contributed by atoms with Crippen LogP contribution in [0, 0.1) is 11.8 Å². The van der Waals surface area contributed by atoms with Crippen LogP contribution in [-0.2, 0) is 37.5 Å². The van der Waals surface area contributed by atoms with Crippen molar-refractivity contribution >= 4 is 9.05 Å². The van der Waals surface area contributed by atoms with Gasteiger partial charge in [-0.2, -0.15) is 0 Å². The quantitative estimate of drug-likeness (QED) is 0.174. The van der Waals surface area contributed by atoms with Crippen LogP contribution in [-0.4, -0.2) is 15.7 Å². The van der Waals surface area contributed by atoms with Crippen LogP contribution in [0.4, 0.5) is 0 Å². The van der Waals surface area contributed by atoms with E-state index in [4.69, 9.17) is 17.7 Å². The molecule has 0 saturated heterocycles. The Morgan fingerprint density at radius 3 is 1.33 bits per heavy atom. The van der Waals surface area contributed by atoms with Crippen molar-refractivity contribution < 1.29 is 17.7 Å². The largest absolute Gasteiger partial charge is 0.680 e. The van der Waals surface area contributed by atoms with E-state index in [2.05, 4.69) is 20.8 Å². The number of benzene rings is 3. The third kappa shape index (κ3) is 10.8. The van der Waals surface area contributed by atoms with Gasteiger partial charge in [0.05, 0.1) is 19.8 Å². The zero-order valence-electron chi connectivity index (χ0n) is 22.1. The lowest BCUT2D eigenvalue weighted by Gasteiger charge is -2.29. The van der Waals surface area contributed by atoms with Crippen LogP contribution >= 0.6 is 0 Å². The van der Waals surface area contributed by atoms with Gasteiger partial charge in [-0.15, -0.1) is 0 Å². The minimum Gasteiger partial charge on any atom is -0.351 e. The van der Waals surface area contributed by atoms with E-state index in [9.17, 15) is 0 Å². The highest BCUT2D eigenvalue weighted by molar-refractivity contribution is 6.53. The Morgan fingerprint density at radius 2 is 0.944 bits per heavy atom. The fourth-order valence-electron chi connectivity index (χ4n) is 3.89. The van der Waals surface area contributed by atoms with E-state index in [1.165, 1.54) is 19.3 Å². The molecule has 1 unspecified atom stereocenters. The van der Waals surface area contributed by atoms with Crippen molar-refractivity contribution in [1.82, 2.24) is 0 Å². The molecule has 0 aliphatic heterocycles. The van der Waals surface area contributed by atoms with Crippen molar-refractivity contribution in [3.63, 3.8) is 0 Å². The molecule has 0 saturated carbocycles. The Bertz CT molecular complexity index is 844. The second-order valence-electron chi connectivity index (χ2n) is 9.89. The Hall–Kier alpha value is -2.28. The van der Waals surface area contributed by atoms with Crippen molar-refractivity contribution in [2.75, 3.05) is 6.61 Å². The standard InChI is InChI=1S/C31H42O4Si/c1-27(2)14-13-15-28(3)22-23-32-36(33-24-29-16-7-4-8-17-29,34-25-30-18-9-5-10-19-30)35-26-31-20-11-6-12-21-31/h4-12,16-21,27-28H,13-15,22-26H2,1-3H3. The average molecular weight is 507 g/mol. The Labute approximate surface area is 219 Å². The van der Waals surface area contributed by atoms with Crippen molar-refractivity contribution in [3.8, 4) is 0 Å². The molecule has 0 aliphatic rings. The van der Waals surface area contributed by atoms with E-state index in [0.29, 0.717) is 32.3 Å². The molecule has 1 atom stereocenters. The van der Waals surface area contributed by atoms with Crippen LogP contribution in [0.3, 0.4) is 0 Å². The highest BCUT2D eigenvalue weighted by Crippen LogP contribution is 2.22. The summed E-state index contributed by atoms with van der Waals surface area (Å²) in [6.07, 6.45) is 4.67. The van der Waals surface area contributed by atoms with Gasteiger partial charge in [0.25, 0.3) is 0 Å². The van der Waals surface area contributed by atoms with Crippen LogP contribution in [0.25, 0.3) is 0 Å². The maximum Gasteiger partial charge on any atom is 0.680 e. The van der Waals surface area contributed by atoms with Crippen LogP contribution < -0.4 is 0 Å². The summed E-state index contributed by atoms with van der Waals surface area (Å²) in [6, 6.07) is 30.4. The van der Waals surface area contributed by atoms with Gasteiger partial charge in [0.2, 0.25) is 0 Å². The number of hydrogen-bond donors (Lipinski definition) is 0. The molecule has 0 heterocycles. The highest BCUT2D eigenvalue weighted by Gasteiger charge is 2.46. The van der Waals surface area contributed by atoms with E-state index >= 15 is 0 Å². The summed E-state index contributed by atoms with van der Waals surface area (Å²) in [5.74, 6) is 1.32. The fraction of sp³-hybridized carbons (Fsp3) is 0.419. The summed E-state index contributed by atoms with van der Waals surface area (Å²) in [6.45, 7) is 8.54. The minimum atomic E-state index is -3.46. The molecule has 0 aliphatic carbocycles. The lowest BCUT2D eigenvalue weighted by atomic mass is 9.98. The summed E-state index contributed by atoms with van der Waals surface area (Å²) >= 11 is 0. The first-order valence-electron chi connectivity index (χ1n) is 13.2. The molecule has 0 amide bonds. The topological polar surface area (TPSA) is 36.9 Å². The van der Waals surface area contributed by atoms with Crippen molar-refractivity contribution in [2.24, 2.45) is 11.8 Å². The second kappa shape index (κ2) is 15.7. The molecule has 5 heteroatoms. The van der Waals surface area contributed by atoms with E-state index in [0.717, 1.165) is 29.0 Å². The third-order valence-electron chi connectivity index (χ3n) is 6.14. The lowest BCUT2D eigenvalue weighted by Crippen LogP contribution is -2.49. The summed E-state index contributed by atoms with van der Waals surface area (Å²) in [7, 11) is -3.46. The molecule has 0 bridgehead atoms. The molecule has 0 aromatic heterocycles. The van der Waals surface area contributed by atoms with Crippen LogP contribution in [0.5, 0.6) is 0 Å². The first-order chi connectivity index (χ1) is 17.5. The molecule has 0 N–H and O–H groups in total. The fourth-order valence-corrected chi connectivity index (χ4v) is 5.79. The summed E-state index contributed by atoms with van der Waals surface area (Å²) in [4.78, 5) is 0. The molecule has 3 aromatic rings. The van der Waals surface area contributed by atoms with Gasteiger partial charge in [-0.1, -0.05) is 131 Å². The van der Waals surface area contributed by atoms with Gasteiger partial charge in [-0.25, -0.2) is 0 Å². The molecule has 0 radical (unpaired) electrons. The molecule has 0 fully saturated rings. The number of rotatable bonds is 17. The third-order valence-corrected chi connectivity index (χ3v) is 8.19. The van der Waals surface area contributed by atoms with Gasteiger partial charge in [0.1, 0.15) is 0 Å². The Balaban J connectivity index is 1.71. The SMILES string of the molecule is CC(C)CCCC(C)CCO[Si](OCc1ccccc1)(OCc1ccccc1)OCc1ccccc1. The minimum absolute atomic E-state index is 0.376. The monoisotopic (exact) mass is 506 g/mol. The van der Waals surface area contributed by atoms with Crippen LogP contribution in [0.15, 0.2) is 91.0 Å². The molecular weight excluding hydrogens is 464 g/mol. The summed E-state index contributed by atoms with van der Waals surface area (Å²) in [5, 5.41) is 0. The lowest BCUT2D eigenvalue weighted by molar-refractivity contribution is -0.0496. The molecule has 3 rings (SSSR count). The normalized spacial score (nSPS) is 12.7. The van der Waals surface area contributed by atoms with Crippen LogP contribution in [0.2, 0.25) is 0 Å². The second-order valence-corrected chi connectivity index (χ2v) is 12.0. The highest BCUT2D eigenvalue weighted by atomic mass is 28.4. The van der Waals surface area contributed by atoms with Gasteiger partial charge < -0.3 is 17.7 Å². The van der Waals surface area contributed by atoms with E-state index < -0.39 is 9.05 Å². The van der Waals surface area contributed by atoms with E-state index in [1.54, 1.807) is 0 Å². The molecule has 3 aromatic carbocycles. The average Bonchev–Trinajstić information content (AvgIpc) is 2.91. The van der Waals surface area contributed by atoms with Crippen molar-refractivity contribution in [3.05, 3.63) is 108 Å². The smallest absolute Gasteiger partial charge is 0.351 e. The Morgan fingerprint density at radius 1 is 0.528 bits per heavy atom. The van der Waals surface area contributed by atoms with Gasteiger partial charge in [0.15, 0.2) is 0 Å². The first-order valence-corrected chi connectivity index (χ1v) is 14.9. The molecule has 36 heavy (non-hydrogen) atoms. The molecular formula is C31H42O4Si. The van der Waals surface area contributed by atoms with Crippen molar-refractivity contribution in [2.45, 2.75) is 66.3 Å². The van der Waals surface area contributed by atoms with E-state index in [-0.39, 0.29) is 0 Å². The predicted molar refractivity (Wildman–Crippen MR) is 148 cm³/mol. The molecule has 194 valence electrons. The summed E-state index contributed by atoms with van der Waals surface area (Å²) < 4.78 is 25.7. The molecule has 0 spiro atoms. The zero-order valence-corrected chi connectivity index (χ0v) is 23.1. The van der Waals surface area contributed by atoms with E-state index in [1.807, 2.05) is 91.0 Å². The van der Waals surface area contributed by atoms with Crippen molar-refractivity contribution in [1.29, 1.82) is 0 Å². The molecule has 4 nitrogen and oxygen atoms in total. The maximum atomic E-state index is 6.47. The summed E-state index contributed by atoms with van der Waals surface area (Å²) in [5.41, 5.74) is 3.19. The maximum absolute atomic E-state index is 6.47. The van der Waals surface area contributed by atoms with Crippen LogP contribution in [0.1, 0.15) is 63.1 Å². The first kappa shape index (κ1) is 28.3. The van der Waals surface area contributed by atoms with Gasteiger partial charge >= 0.3 is 9.05 Å². The number of hydrogen-bond acceptors (Lipinski definition) is 4. The zero-order chi connectivity index (χ0) is 25.5. The van der Waals surface area contributed by atoms with Gasteiger partial charge in [-0.05, 0) is 34.9 Å².